The Bertz CT molecular complexity index is 830. The minimum absolute atomic E-state index is 0.00559. The fourth-order valence-electron chi connectivity index (χ4n) is 1.90. The largest absolute Gasteiger partial charge is 0.477 e. The van der Waals surface area contributed by atoms with E-state index in [9.17, 15) is 9.90 Å². The summed E-state index contributed by atoms with van der Waals surface area (Å²) >= 11 is 12.1. The molecule has 0 amide bonds. The summed E-state index contributed by atoms with van der Waals surface area (Å²) in [5.41, 5.74) is 1.44. The number of hydrogen-bond donors (Lipinski definition) is 1. The average Bonchev–Trinajstić information content (AvgIpc) is 2.88. The SMILES string of the molecule is O=C(O)c1cc(-c2cc(Cl)ccc2Cl)nc2ccnn12. The summed E-state index contributed by atoms with van der Waals surface area (Å²) in [5, 5.41) is 14.1. The zero-order valence-electron chi connectivity index (χ0n) is 9.92. The number of aromatic nitrogens is 3. The van der Waals surface area contributed by atoms with Crippen LogP contribution in [0.4, 0.5) is 0 Å². The van der Waals surface area contributed by atoms with Crippen molar-refractivity contribution in [3.8, 4) is 11.3 Å². The molecule has 1 aromatic carbocycles. The van der Waals surface area contributed by atoms with Crippen molar-refractivity contribution in [2.75, 3.05) is 0 Å². The fraction of sp³-hybridized carbons (Fsp3) is 0. The van der Waals surface area contributed by atoms with Gasteiger partial charge < -0.3 is 5.11 Å². The maximum Gasteiger partial charge on any atom is 0.354 e. The summed E-state index contributed by atoms with van der Waals surface area (Å²) in [6.45, 7) is 0. The first kappa shape index (κ1) is 12.9. The number of carboxylic acids is 1. The van der Waals surface area contributed by atoms with E-state index in [-0.39, 0.29) is 5.69 Å². The van der Waals surface area contributed by atoms with Crippen molar-refractivity contribution in [1.29, 1.82) is 0 Å². The molecular weight excluding hydrogens is 301 g/mol. The second kappa shape index (κ2) is 4.77. The zero-order chi connectivity index (χ0) is 14.3. The van der Waals surface area contributed by atoms with E-state index in [0.29, 0.717) is 26.9 Å². The van der Waals surface area contributed by atoms with Crippen LogP contribution in [0.15, 0.2) is 36.5 Å². The van der Waals surface area contributed by atoms with Crippen LogP contribution in [0.1, 0.15) is 10.5 Å². The van der Waals surface area contributed by atoms with Crippen LogP contribution < -0.4 is 0 Å². The van der Waals surface area contributed by atoms with Crippen LogP contribution >= 0.6 is 23.2 Å². The molecule has 0 aliphatic carbocycles. The first-order chi connectivity index (χ1) is 9.56. The highest BCUT2D eigenvalue weighted by Crippen LogP contribution is 2.30. The lowest BCUT2D eigenvalue weighted by Crippen LogP contribution is -2.08. The monoisotopic (exact) mass is 307 g/mol. The minimum atomic E-state index is -1.10. The lowest BCUT2D eigenvalue weighted by molar-refractivity contribution is 0.0687. The maximum atomic E-state index is 11.3. The first-order valence-electron chi connectivity index (χ1n) is 5.60. The number of halogens is 2. The smallest absolute Gasteiger partial charge is 0.354 e. The molecule has 0 radical (unpaired) electrons. The molecule has 3 aromatic rings. The summed E-state index contributed by atoms with van der Waals surface area (Å²) in [4.78, 5) is 15.6. The Kier molecular flexibility index (Phi) is 3.08. The van der Waals surface area contributed by atoms with Crippen molar-refractivity contribution in [3.05, 3.63) is 52.3 Å². The third-order valence-electron chi connectivity index (χ3n) is 2.78. The van der Waals surface area contributed by atoms with Crippen molar-refractivity contribution < 1.29 is 9.90 Å². The highest BCUT2D eigenvalue weighted by atomic mass is 35.5. The molecule has 0 aliphatic rings. The molecule has 0 unspecified atom stereocenters. The number of carbonyl (C=O) groups is 1. The Morgan fingerprint density at radius 3 is 2.75 bits per heavy atom. The molecule has 2 heterocycles. The molecule has 3 rings (SSSR count). The van der Waals surface area contributed by atoms with Gasteiger partial charge >= 0.3 is 5.97 Å². The summed E-state index contributed by atoms with van der Waals surface area (Å²) in [5.74, 6) is -1.10. The highest BCUT2D eigenvalue weighted by molar-refractivity contribution is 6.35. The van der Waals surface area contributed by atoms with Gasteiger partial charge in [-0.25, -0.2) is 14.3 Å². The summed E-state index contributed by atoms with van der Waals surface area (Å²) in [6.07, 6.45) is 1.48. The van der Waals surface area contributed by atoms with E-state index < -0.39 is 5.97 Å². The normalized spacial score (nSPS) is 10.9. The molecule has 0 saturated carbocycles. The molecule has 0 bridgehead atoms. The Labute approximate surface area is 123 Å². The van der Waals surface area contributed by atoms with Crippen LogP contribution in [0.5, 0.6) is 0 Å². The van der Waals surface area contributed by atoms with Gasteiger partial charge in [-0.2, -0.15) is 5.10 Å². The van der Waals surface area contributed by atoms with Crippen LogP contribution in [0.25, 0.3) is 16.9 Å². The van der Waals surface area contributed by atoms with Gasteiger partial charge in [0.2, 0.25) is 0 Å². The topological polar surface area (TPSA) is 67.5 Å². The highest BCUT2D eigenvalue weighted by Gasteiger charge is 2.15. The summed E-state index contributed by atoms with van der Waals surface area (Å²) < 4.78 is 1.25. The van der Waals surface area contributed by atoms with Crippen molar-refractivity contribution >= 4 is 34.8 Å². The standard InChI is InChI=1S/C13H7Cl2N3O2/c14-7-1-2-9(15)8(5-7)10-6-11(13(19)20)18-12(17-10)3-4-16-18/h1-6H,(H,19,20). The van der Waals surface area contributed by atoms with Crippen molar-refractivity contribution in [2.24, 2.45) is 0 Å². The van der Waals surface area contributed by atoms with E-state index in [0.717, 1.165) is 0 Å². The van der Waals surface area contributed by atoms with E-state index in [1.165, 1.54) is 16.8 Å². The Morgan fingerprint density at radius 1 is 1.20 bits per heavy atom. The Balaban J connectivity index is 2.31. The lowest BCUT2D eigenvalue weighted by Gasteiger charge is -2.07. The molecule has 0 atom stereocenters. The number of aromatic carboxylic acids is 1. The molecule has 1 N–H and O–H groups in total. The van der Waals surface area contributed by atoms with Gasteiger partial charge in [0.05, 0.1) is 16.9 Å². The van der Waals surface area contributed by atoms with Crippen molar-refractivity contribution in [2.45, 2.75) is 0 Å². The van der Waals surface area contributed by atoms with Crippen LogP contribution in [-0.4, -0.2) is 25.7 Å². The predicted molar refractivity (Wildman–Crippen MR) is 75.4 cm³/mol. The maximum absolute atomic E-state index is 11.3. The number of hydrogen-bond acceptors (Lipinski definition) is 3. The van der Waals surface area contributed by atoms with E-state index in [2.05, 4.69) is 10.1 Å². The number of fused-ring (bicyclic) bond motifs is 1. The molecule has 0 fully saturated rings. The number of rotatable bonds is 2. The number of nitrogens with zero attached hydrogens (tertiary/aromatic N) is 3. The summed E-state index contributed by atoms with van der Waals surface area (Å²) in [6, 6.07) is 7.98. The van der Waals surface area contributed by atoms with Crippen molar-refractivity contribution in [1.82, 2.24) is 14.6 Å². The minimum Gasteiger partial charge on any atom is -0.477 e. The number of carboxylic acid groups (broad SMARTS) is 1. The predicted octanol–water partition coefficient (Wildman–Crippen LogP) is 3.40. The Morgan fingerprint density at radius 2 is 2.00 bits per heavy atom. The second-order valence-corrected chi connectivity index (χ2v) is 4.90. The number of benzene rings is 1. The third kappa shape index (κ3) is 2.11. The quantitative estimate of drug-likeness (QED) is 0.788. The van der Waals surface area contributed by atoms with Gasteiger partial charge in [0, 0.05) is 16.7 Å². The molecule has 20 heavy (non-hydrogen) atoms. The average molecular weight is 308 g/mol. The molecule has 100 valence electrons. The van der Waals surface area contributed by atoms with Crippen molar-refractivity contribution in [3.63, 3.8) is 0 Å². The summed E-state index contributed by atoms with van der Waals surface area (Å²) in [7, 11) is 0. The van der Waals surface area contributed by atoms with Gasteiger partial charge in [-0.3, -0.25) is 0 Å². The van der Waals surface area contributed by atoms with Crippen LogP contribution in [-0.2, 0) is 0 Å². The van der Waals surface area contributed by atoms with Crippen LogP contribution in [0.2, 0.25) is 10.0 Å². The van der Waals surface area contributed by atoms with E-state index in [4.69, 9.17) is 23.2 Å². The molecule has 5 nitrogen and oxygen atoms in total. The first-order valence-corrected chi connectivity index (χ1v) is 6.35. The van der Waals surface area contributed by atoms with E-state index >= 15 is 0 Å². The molecule has 2 aromatic heterocycles. The third-order valence-corrected chi connectivity index (χ3v) is 3.35. The van der Waals surface area contributed by atoms with E-state index in [1.807, 2.05) is 0 Å². The van der Waals surface area contributed by atoms with Crippen LogP contribution in [0.3, 0.4) is 0 Å². The molecule has 0 spiro atoms. The van der Waals surface area contributed by atoms with Gasteiger partial charge in [-0.1, -0.05) is 23.2 Å². The van der Waals surface area contributed by atoms with Gasteiger partial charge in [0.15, 0.2) is 11.3 Å². The van der Waals surface area contributed by atoms with Gasteiger partial charge in [0.1, 0.15) is 0 Å². The Hall–Kier alpha value is -2.11. The fourth-order valence-corrected chi connectivity index (χ4v) is 2.28. The lowest BCUT2D eigenvalue weighted by atomic mass is 10.1. The molecule has 0 aliphatic heterocycles. The second-order valence-electron chi connectivity index (χ2n) is 4.06. The molecular formula is C13H7Cl2N3O2. The van der Waals surface area contributed by atoms with Crippen LogP contribution in [0, 0.1) is 0 Å². The van der Waals surface area contributed by atoms with Gasteiger partial charge in [0.25, 0.3) is 0 Å². The van der Waals surface area contributed by atoms with E-state index in [1.54, 1.807) is 24.3 Å². The molecule has 7 heteroatoms. The molecule has 0 saturated heterocycles. The van der Waals surface area contributed by atoms with Gasteiger partial charge in [-0.15, -0.1) is 0 Å². The van der Waals surface area contributed by atoms with Gasteiger partial charge in [-0.05, 0) is 24.3 Å². The zero-order valence-corrected chi connectivity index (χ0v) is 11.4.